The highest BCUT2D eigenvalue weighted by molar-refractivity contribution is 5.95. The molecule has 0 radical (unpaired) electrons. The molecule has 1 aliphatic carbocycles. The molecule has 0 saturated heterocycles. The van der Waals surface area contributed by atoms with Gasteiger partial charge in [0, 0.05) is 31.4 Å². The number of nitrogens with zero attached hydrogens (tertiary/aromatic N) is 1. The summed E-state index contributed by atoms with van der Waals surface area (Å²) in [5.74, 6) is 0.416. The van der Waals surface area contributed by atoms with E-state index < -0.39 is 5.60 Å². The zero-order valence-electron chi connectivity index (χ0n) is 24.5. The Balaban J connectivity index is 1.82. The van der Waals surface area contributed by atoms with Gasteiger partial charge in [0.2, 0.25) is 0 Å². The van der Waals surface area contributed by atoms with Gasteiger partial charge in [-0.3, -0.25) is 0 Å². The lowest BCUT2D eigenvalue weighted by Crippen LogP contribution is -2.45. The van der Waals surface area contributed by atoms with Gasteiger partial charge in [-0.2, -0.15) is 0 Å². The molecule has 214 valence electrons. The van der Waals surface area contributed by atoms with Crippen molar-refractivity contribution in [2.75, 3.05) is 38.9 Å². The Labute approximate surface area is 233 Å². The minimum Gasteiger partial charge on any atom is -0.491 e. The lowest BCUT2D eigenvalue weighted by Gasteiger charge is -2.39. The van der Waals surface area contributed by atoms with Crippen LogP contribution in [-0.4, -0.2) is 63.7 Å². The van der Waals surface area contributed by atoms with Crippen molar-refractivity contribution >= 4 is 17.7 Å². The molecule has 8 heteroatoms. The average Bonchev–Trinajstić information content (AvgIpc) is 2.90. The summed E-state index contributed by atoms with van der Waals surface area (Å²) < 4.78 is 21.3. The Kier molecular flexibility index (Phi) is 10.6. The van der Waals surface area contributed by atoms with Crippen LogP contribution in [0, 0.1) is 6.92 Å². The van der Waals surface area contributed by atoms with Crippen LogP contribution in [-0.2, 0) is 14.2 Å². The summed E-state index contributed by atoms with van der Waals surface area (Å²) >= 11 is 0. The Hall–Kier alpha value is -3.26. The van der Waals surface area contributed by atoms with E-state index in [1.807, 2.05) is 58.0 Å². The van der Waals surface area contributed by atoms with Gasteiger partial charge in [-0.1, -0.05) is 12.1 Å². The first-order chi connectivity index (χ1) is 18.6. The van der Waals surface area contributed by atoms with Gasteiger partial charge in [-0.25, -0.2) is 9.59 Å². The van der Waals surface area contributed by atoms with Crippen molar-refractivity contribution in [3.63, 3.8) is 0 Å². The summed E-state index contributed by atoms with van der Waals surface area (Å²) in [7, 11) is 3.06. The number of carbonyl (C=O) groups excluding carboxylic acids is 2. The average molecular weight is 541 g/mol. The van der Waals surface area contributed by atoms with Crippen molar-refractivity contribution < 1.29 is 28.5 Å². The van der Waals surface area contributed by atoms with E-state index in [-0.39, 0.29) is 18.1 Å². The topological polar surface area (TPSA) is 86.3 Å². The molecule has 0 unspecified atom stereocenters. The van der Waals surface area contributed by atoms with E-state index in [0.717, 1.165) is 60.4 Å². The van der Waals surface area contributed by atoms with Crippen molar-refractivity contribution in [1.82, 2.24) is 5.32 Å². The number of carbonyl (C=O) groups is 2. The summed E-state index contributed by atoms with van der Waals surface area (Å²) in [5.41, 5.74) is 3.90. The zero-order valence-corrected chi connectivity index (χ0v) is 24.5. The van der Waals surface area contributed by atoms with E-state index in [4.69, 9.17) is 18.9 Å². The van der Waals surface area contributed by atoms with Gasteiger partial charge < -0.3 is 29.2 Å². The number of anilines is 1. The molecule has 8 nitrogen and oxygen atoms in total. The highest BCUT2D eigenvalue weighted by Crippen LogP contribution is 2.36. The third kappa shape index (κ3) is 8.36. The first kappa shape index (κ1) is 30.3. The normalized spacial score (nSPS) is 17.3. The molecule has 1 aliphatic rings. The number of benzene rings is 2. The van der Waals surface area contributed by atoms with Crippen LogP contribution in [0.25, 0.3) is 11.1 Å². The predicted octanol–water partition coefficient (Wildman–Crippen LogP) is 6.14. The summed E-state index contributed by atoms with van der Waals surface area (Å²) in [5, 5.41) is 3.03. The van der Waals surface area contributed by atoms with Crippen LogP contribution in [0.1, 0.15) is 69.3 Å². The highest BCUT2D eigenvalue weighted by Gasteiger charge is 2.29. The van der Waals surface area contributed by atoms with Crippen molar-refractivity contribution in [2.24, 2.45) is 0 Å². The third-order valence-electron chi connectivity index (χ3n) is 7.04. The second-order valence-corrected chi connectivity index (χ2v) is 11.0. The molecule has 0 spiro atoms. The van der Waals surface area contributed by atoms with Crippen LogP contribution in [0.3, 0.4) is 0 Å². The SMILES string of the molecule is CCN(c1cc(-c2ccc(OCCOC)cc2)cc(C(=O)OC)c1C)C1CCC(NC(=O)OC(C)(C)C)CC1. The molecule has 1 saturated carbocycles. The Morgan fingerprint density at radius 1 is 0.974 bits per heavy atom. The molecule has 1 amide bonds. The van der Waals surface area contributed by atoms with E-state index in [2.05, 4.69) is 23.2 Å². The number of rotatable bonds is 10. The highest BCUT2D eigenvalue weighted by atomic mass is 16.6. The summed E-state index contributed by atoms with van der Waals surface area (Å²) in [6.07, 6.45) is 3.23. The maximum absolute atomic E-state index is 12.8. The predicted molar refractivity (Wildman–Crippen MR) is 154 cm³/mol. The van der Waals surface area contributed by atoms with Gasteiger partial charge in [-0.15, -0.1) is 0 Å². The minimum absolute atomic E-state index is 0.0949. The van der Waals surface area contributed by atoms with Crippen LogP contribution >= 0.6 is 0 Å². The minimum atomic E-state index is -0.516. The fourth-order valence-electron chi connectivity index (χ4n) is 5.10. The number of nitrogens with one attached hydrogen (secondary N) is 1. The Morgan fingerprint density at radius 2 is 1.64 bits per heavy atom. The molecule has 39 heavy (non-hydrogen) atoms. The summed E-state index contributed by atoms with van der Waals surface area (Å²) in [6, 6.07) is 12.3. The van der Waals surface area contributed by atoms with Gasteiger partial charge in [0.25, 0.3) is 0 Å². The second-order valence-electron chi connectivity index (χ2n) is 11.0. The molecule has 2 aromatic rings. The number of ether oxygens (including phenoxy) is 4. The smallest absolute Gasteiger partial charge is 0.407 e. The second kappa shape index (κ2) is 13.7. The molecular weight excluding hydrogens is 496 g/mol. The number of esters is 1. The molecule has 0 aromatic heterocycles. The molecule has 0 heterocycles. The first-order valence-electron chi connectivity index (χ1n) is 13.8. The van der Waals surface area contributed by atoms with Crippen molar-refractivity contribution in [2.45, 2.75) is 78.0 Å². The van der Waals surface area contributed by atoms with Gasteiger partial charge >= 0.3 is 12.1 Å². The molecule has 0 bridgehead atoms. The number of hydrogen-bond acceptors (Lipinski definition) is 7. The zero-order chi connectivity index (χ0) is 28.6. The Morgan fingerprint density at radius 3 is 2.21 bits per heavy atom. The van der Waals surface area contributed by atoms with Crippen LogP contribution in [0.2, 0.25) is 0 Å². The van der Waals surface area contributed by atoms with Gasteiger partial charge in [-0.05, 0) is 101 Å². The van der Waals surface area contributed by atoms with Crippen LogP contribution in [0.15, 0.2) is 36.4 Å². The molecule has 0 atom stereocenters. The Bertz CT molecular complexity index is 1100. The van der Waals surface area contributed by atoms with E-state index in [1.165, 1.54) is 7.11 Å². The molecule has 2 aromatic carbocycles. The maximum atomic E-state index is 12.8. The third-order valence-corrected chi connectivity index (χ3v) is 7.04. The van der Waals surface area contributed by atoms with E-state index in [1.54, 1.807) is 7.11 Å². The summed E-state index contributed by atoms with van der Waals surface area (Å²) in [6.45, 7) is 11.5. The van der Waals surface area contributed by atoms with Crippen molar-refractivity contribution in [3.8, 4) is 16.9 Å². The largest absolute Gasteiger partial charge is 0.491 e. The molecule has 0 aliphatic heterocycles. The number of hydrogen-bond donors (Lipinski definition) is 1. The van der Waals surface area contributed by atoms with Gasteiger partial charge in [0.1, 0.15) is 18.0 Å². The van der Waals surface area contributed by atoms with Crippen LogP contribution < -0.4 is 15.0 Å². The lowest BCUT2D eigenvalue weighted by atomic mass is 9.89. The fraction of sp³-hybridized carbons (Fsp3) is 0.548. The molecule has 1 fully saturated rings. The first-order valence-corrected chi connectivity index (χ1v) is 13.8. The number of amides is 1. The molecule has 3 rings (SSSR count). The van der Waals surface area contributed by atoms with Crippen molar-refractivity contribution in [1.29, 1.82) is 0 Å². The number of methoxy groups -OCH3 is 2. The summed E-state index contributed by atoms with van der Waals surface area (Å²) in [4.78, 5) is 27.4. The van der Waals surface area contributed by atoms with Crippen molar-refractivity contribution in [3.05, 3.63) is 47.5 Å². The quantitative estimate of drug-likeness (QED) is 0.286. The fourth-order valence-corrected chi connectivity index (χ4v) is 5.10. The van der Waals surface area contributed by atoms with Crippen LogP contribution in [0.5, 0.6) is 5.75 Å². The van der Waals surface area contributed by atoms with Gasteiger partial charge in [0.05, 0.1) is 19.3 Å². The van der Waals surface area contributed by atoms with E-state index in [0.29, 0.717) is 24.8 Å². The molecule has 1 N–H and O–H groups in total. The van der Waals surface area contributed by atoms with E-state index in [9.17, 15) is 9.59 Å². The standard InChI is InChI=1S/C31H44N2O6/c1-8-33(25-13-11-24(12-14-25)32-30(35)39-31(3,4)5)28-20-23(19-27(21(28)2)29(34)37-7)22-9-15-26(16-10-22)38-18-17-36-6/h9-10,15-16,19-20,24-25H,8,11-14,17-18H2,1-7H3,(H,32,35). The van der Waals surface area contributed by atoms with Gasteiger partial charge in [0.15, 0.2) is 0 Å². The molecular formula is C31H44N2O6. The maximum Gasteiger partial charge on any atom is 0.407 e. The lowest BCUT2D eigenvalue weighted by molar-refractivity contribution is 0.0490. The van der Waals surface area contributed by atoms with Crippen LogP contribution in [0.4, 0.5) is 10.5 Å². The monoisotopic (exact) mass is 540 g/mol. The van der Waals surface area contributed by atoms with E-state index >= 15 is 0 Å². The number of alkyl carbamates (subject to hydrolysis) is 1.